The van der Waals surface area contributed by atoms with Crippen LogP contribution in [-0.2, 0) is 4.79 Å². The van der Waals surface area contributed by atoms with Crippen molar-refractivity contribution in [1.82, 2.24) is 10.6 Å². The Hall–Kier alpha value is -2.28. The maximum atomic E-state index is 12.5. The number of rotatable bonds is 7. The van der Waals surface area contributed by atoms with Crippen molar-refractivity contribution in [2.45, 2.75) is 12.3 Å². The molecule has 0 aliphatic rings. The van der Waals surface area contributed by atoms with Crippen molar-refractivity contribution in [3.05, 3.63) is 54.7 Å². The number of phenols is 1. The monoisotopic (exact) mass is 659 g/mol. The maximum Gasteiger partial charge on any atom is 0.573 e. The van der Waals surface area contributed by atoms with Crippen molar-refractivity contribution in [2.24, 2.45) is 0 Å². The third-order valence-corrected chi connectivity index (χ3v) is 5.56. The van der Waals surface area contributed by atoms with E-state index in [1.807, 2.05) is 45.2 Å². The van der Waals surface area contributed by atoms with E-state index in [1.165, 1.54) is 0 Å². The lowest BCUT2D eigenvalue weighted by Crippen LogP contribution is -2.37. The van der Waals surface area contributed by atoms with Gasteiger partial charge >= 0.3 is 6.36 Å². The minimum atomic E-state index is -4.84. The molecule has 0 heterocycles. The Balaban J connectivity index is 2.17. The summed E-state index contributed by atoms with van der Waals surface area (Å²) in [6, 6.07) is 9.30. The number of alkyl halides is 3. The zero-order chi connectivity index (χ0) is 23.2. The molecule has 0 aliphatic heterocycles. The highest BCUT2D eigenvalue weighted by atomic mass is 127. The third-order valence-electron chi connectivity index (χ3n) is 3.92. The fourth-order valence-electron chi connectivity index (χ4n) is 2.50. The fourth-order valence-corrected chi connectivity index (χ4v) is 4.32. The van der Waals surface area contributed by atoms with Crippen LogP contribution in [0.4, 0.5) is 13.2 Å². The summed E-state index contributed by atoms with van der Waals surface area (Å²) in [6.07, 6.45) is -4.84. The van der Waals surface area contributed by atoms with Gasteiger partial charge in [0.2, 0.25) is 5.91 Å². The Labute approximate surface area is 202 Å². The van der Waals surface area contributed by atoms with Crippen LogP contribution in [-0.4, -0.2) is 36.4 Å². The summed E-state index contributed by atoms with van der Waals surface area (Å²) in [5.74, 6) is -2.39. The number of amides is 2. The molecule has 2 aromatic rings. The molecular weight excluding hydrogens is 645 g/mol. The summed E-state index contributed by atoms with van der Waals surface area (Å²) < 4.78 is 41.5. The molecule has 0 saturated carbocycles. The lowest BCUT2D eigenvalue weighted by Gasteiger charge is -2.18. The standard InChI is InChI=1S/C19H14F3I2N3O4/c20-19(21,22)31-12-3-1-10(2-4-12)17(29)27-9-13(18(30)26-6-5-25)11-7-14(23)16(28)15(24)8-11/h1-4,7-8,13,28H,6,9H2,(H,26,30)(H,27,29). The quantitative estimate of drug-likeness (QED) is 0.311. The molecule has 2 aromatic carbocycles. The summed E-state index contributed by atoms with van der Waals surface area (Å²) in [6.45, 7) is -0.371. The molecule has 0 radical (unpaired) electrons. The molecule has 1 atom stereocenters. The average Bonchev–Trinajstić information content (AvgIpc) is 2.69. The number of carbonyl (C=O) groups is 2. The van der Waals surface area contributed by atoms with Gasteiger partial charge in [0.15, 0.2) is 0 Å². The predicted octanol–water partition coefficient (Wildman–Crippen LogP) is 3.65. The number of nitriles is 1. The van der Waals surface area contributed by atoms with Crippen LogP contribution in [0.1, 0.15) is 21.8 Å². The predicted molar refractivity (Wildman–Crippen MR) is 120 cm³/mol. The van der Waals surface area contributed by atoms with Crippen LogP contribution in [0.5, 0.6) is 11.5 Å². The molecule has 164 valence electrons. The van der Waals surface area contributed by atoms with E-state index in [1.54, 1.807) is 18.2 Å². The third kappa shape index (κ3) is 7.42. The highest BCUT2D eigenvalue weighted by Gasteiger charge is 2.31. The van der Waals surface area contributed by atoms with Crippen molar-refractivity contribution in [3.63, 3.8) is 0 Å². The van der Waals surface area contributed by atoms with Crippen LogP contribution >= 0.6 is 45.2 Å². The molecular formula is C19H14F3I2N3O4. The highest BCUT2D eigenvalue weighted by molar-refractivity contribution is 14.1. The van der Waals surface area contributed by atoms with Gasteiger partial charge in [0.25, 0.3) is 5.91 Å². The van der Waals surface area contributed by atoms with Crippen LogP contribution in [0.15, 0.2) is 36.4 Å². The van der Waals surface area contributed by atoms with Crippen LogP contribution in [0.3, 0.4) is 0 Å². The molecule has 0 aliphatic carbocycles. The van der Waals surface area contributed by atoms with E-state index in [0.717, 1.165) is 24.3 Å². The zero-order valence-corrected chi connectivity index (χ0v) is 19.8. The summed E-state index contributed by atoms with van der Waals surface area (Å²) in [7, 11) is 0. The molecule has 2 amide bonds. The number of carbonyl (C=O) groups excluding carboxylic acids is 2. The van der Waals surface area contributed by atoms with Crippen molar-refractivity contribution in [2.75, 3.05) is 13.1 Å². The van der Waals surface area contributed by atoms with Gasteiger partial charge in [-0.1, -0.05) is 0 Å². The minimum Gasteiger partial charge on any atom is -0.506 e. The zero-order valence-electron chi connectivity index (χ0n) is 15.5. The van der Waals surface area contributed by atoms with Crippen molar-refractivity contribution < 1.29 is 32.6 Å². The van der Waals surface area contributed by atoms with Gasteiger partial charge in [0.05, 0.1) is 19.1 Å². The van der Waals surface area contributed by atoms with E-state index in [4.69, 9.17) is 5.26 Å². The van der Waals surface area contributed by atoms with Crippen LogP contribution in [0, 0.1) is 18.5 Å². The van der Waals surface area contributed by atoms with Gasteiger partial charge in [-0.05, 0) is 87.1 Å². The minimum absolute atomic E-state index is 0.0614. The summed E-state index contributed by atoms with van der Waals surface area (Å²) in [5.41, 5.74) is 0.580. The molecule has 0 spiro atoms. The van der Waals surface area contributed by atoms with E-state index in [-0.39, 0.29) is 24.4 Å². The van der Waals surface area contributed by atoms with E-state index in [0.29, 0.717) is 12.7 Å². The first-order valence-corrected chi connectivity index (χ1v) is 10.6. The summed E-state index contributed by atoms with van der Waals surface area (Å²) in [4.78, 5) is 24.9. The topological polar surface area (TPSA) is 111 Å². The van der Waals surface area contributed by atoms with Gasteiger partial charge in [0.1, 0.15) is 18.0 Å². The van der Waals surface area contributed by atoms with E-state index in [2.05, 4.69) is 15.4 Å². The van der Waals surface area contributed by atoms with Crippen LogP contribution in [0.25, 0.3) is 0 Å². The molecule has 7 nitrogen and oxygen atoms in total. The Morgan fingerprint density at radius 3 is 2.23 bits per heavy atom. The Kier molecular flexibility index (Phi) is 8.74. The van der Waals surface area contributed by atoms with Crippen LogP contribution < -0.4 is 15.4 Å². The number of nitrogens with one attached hydrogen (secondary N) is 2. The molecule has 0 fully saturated rings. The van der Waals surface area contributed by atoms with Gasteiger partial charge in [-0.15, -0.1) is 13.2 Å². The number of hydrogen-bond acceptors (Lipinski definition) is 5. The number of benzene rings is 2. The van der Waals surface area contributed by atoms with E-state index >= 15 is 0 Å². The van der Waals surface area contributed by atoms with Gasteiger partial charge in [-0.2, -0.15) is 5.26 Å². The number of nitrogens with zero attached hydrogens (tertiary/aromatic N) is 1. The Morgan fingerprint density at radius 2 is 1.71 bits per heavy atom. The molecule has 0 bridgehead atoms. The smallest absolute Gasteiger partial charge is 0.506 e. The number of phenolic OH excluding ortho intramolecular Hbond substituents is 1. The maximum absolute atomic E-state index is 12.5. The number of ether oxygens (including phenoxy) is 1. The van der Waals surface area contributed by atoms with Gasteiger partial charge in [0, 0.05) is 12.1 Å². The van der Waals surface area contributed by atoms with Gasteiger partial charge < -0.3 is 20.5 Å². The lowest BCUT2D eigenvalue weighted by molar-refractivity contribution is -0.274. The first-order chi connectivity index (χ1) is 14.5. The van der Waals surface area contributed by atoms with Crippen molar-refractivity contribution >= 4 is 57.0 Å². The average molecular weight is 659 g/mol. The molecule has 1 unspecified atom stereocenters. The lowest BCUT2D eigenvalue weighted by atomic mass is 9.97. The molecule has 2 rings (SSSR count). The number of halogens is 5. The summed E-state index contributed by atoms with van der Waals surface area (Å²) >= 11 is 3.81. The van der Waals surface area contributed by atoms with E-state index in [9.17, 15) is 27.9 Å². The second-order valence-electron chi connectivity index (χ2n) is 6.04. The van der Waals surface area contributed by atoms with Gasteiger partial charge in [-0.3, -0.25) is 9.59 Å². The number of aromatic hydroxyl groups is 1. The second kappa shape index (κ2) is 10.8. The van der Waals surface area contributed by atoms with Crippen molar-refractivity contribution in [1.29, 1.82) is 5.26 Å². The van der Waals surface area contributed by atoms with Crippen molar-refractivity contribution in [3.8, 4) is 17.6 Å². The van der Waals surface area contributed by atoms with E-state index < -0.39 is 29.8 Å². The largest absolute Gasteiger partial charge is 0.573 e. The number of hydrogen-bond donors (Lipinski definition) is 3. The molecule has 31 heavy (non-hydrogen) atoms. The summed E-state index contributed by atoms with van der Waals surface area (Å²) in [5, 5.41) is 23.6. The molecule has 3 N–H and O–H groups in total. The highest BCUT2D eigenvalue weighted by Crippen LogP contribution is 2.30. The van der Waals surface area contributed by atoms with Gasteiger partial charge in [-0.25, -0.2) is 0 Å². The normalized spacial score (nSPS) is 11.9. The SMILES string of the molecule is N#CCNC(=O)C(CNC(=O)c1ccc(OC(F)(F)F)cc1)c1cc(I)c(O)c(I)c1. The molecule has 12 heteroatoms. The Morgan fingerprint density at radius 1 is 1.13 bits per heavy atom. The first-order valence-electron chi connectivity index (χ1n) is 8.48. The molecule has 0 aromatic heterocycles. The fraction of sp³-hybridized carbons (Fsp3) is 0.211. The second-order valence-corrected chi connectivity index (χ2v) is 8.37. The Bertz CT molecular complexity index is 985. The molecule has 0 saturated heterocycles. The first kappa shape index (κ1) is 25.0. The van der Waals surface area contributed by atoms with Crippen LogP contribution in [0.2, 0.25) is 0 Å².